The fourth-order valence-electron chi connectivity index (χ4n) is 2.68. The molecule has 1 aliphatic rings. The second kappa shape index (κ2) is 6.54. The SMILES string of the molecule is C=CC1(C)CCC(N/C(=C(\C=N)C(=C)C)C(C)(F)F)CC1. The van der Waals surface area contributed by atoms with Crippen molar-refractivity contribution in [2.75, 3.05) is 0 Å². The van der Waals surface area contributed by atoms with Crippen LogP contribution in [0.15, 0.2) is 36.1 Å². The smallest absolute Gasteiger partial charge is 0.285 e. The minimum absolute atomic E-state index is 0.00755. The van der Waals surface area contributed by atoms with E-state index in [2.05, 4.69) is 25.4 Å². The summed E-state index contributed by atoms with van der Waals surface area (Å²) >= 11 is 0. The van der Waals surface area contributed by atoms with Crippen LogP contribution < -0.4 is 5.32 Å². The molecule has 0 unspecified atom stereocenters. The molecule has 1 saturated carbocycles. The maximum atomic E-state index is 13.9. The van der Waals surface area contributed by atoms with Gasteiger partial charge in [0, 0.05) is 24.8 Å². The maximum Gasteiger partial charge on any atom is 0.285 e. The lowest BCUT2D eigenvalue weighted by atomic mass is 9.74. The Morgan fingerprint density at radius 3 is 2.24 bits per heavy atom. The molecule has 0 amide bonds. The summed E-state index contributed by atoms with van der Waals surface area (Å²) in [5.74, 6) is -3.01. The lowest BCUT2D eigenvalue weighted by molar-refractivity contribution is 0.0509. The van der Waals surface area contributed by atoms with Crippen molar-refractivity contribution in [3.8, 4) is 0 Å². The van der Waals surface area contributed by atoms with E-state index in [4.69, 9.17) is 5.41 Å². The first-order valence-corrected chi connectivity index (χ1v) is 7.32. The number of alkyl halides is 2. The molecule has 0 spiro atoms. The zero-order chi connectivity index (χ0) is 16.3. The number of allylic oxidation sites excluding steroid dienone is 4. The second-order valence-corrected chi connectivity index (χ2v) is 6.38. The third kappa shape index (κ3) is 4.51. The van der Waals surface area contributed by atoms with E-state index in [1.807, 2.05) is 6.08 Å². The lowest BCUT2D eigenvalue weighted by Crippen LogP contribution is -2.40. The van der Waals surface area contributed by atoms with Crippen molar-refractivity contribution >= 4 is 6.21 Å². The largest absolute Gasteiger partial charge is 0.380 e. The van der Waals surface area contributed by atoms with Crippen LogP contribution >= 0.6 is 0 Å². The summed E-state index contributed by atoms with van der Waals surface area (Å²) in [6.07, 6.45) is 6.44. The molecule has 4 heteroatoms. The molecule has 0 aliphatic heterocycles. The van der Waals surface area contributed by atoms with Gasteiger partial charge in [-0.1, -0.05) is 19.6 Å². The second-order valence-electron chi connectivity index (χ2n) is 6.38. The summed E-state index contributed by atoms with van der Waals surface area (Å²) < 4.78 is 27.8. The molecule has 2 N–H and O–H groups in total. The Morgan fingerprint density at radius 2 is 1.90 bits per heavy atom. The lowest BCUT2D eigenvalue weighted by Gasteiger charge is -2.37. The summed E-state index contributed by atoms with van der Waals surface area (Å²) in [5.41, 5.74) is 0.590. The normalized spacial score (nSPS) is 27.6. The van der Waals surface area contributed by atoms with Crippen LogP contribution in [-0.2, 0) is 0 Å². The van der Waals surface area contributed by atoms with Crippen LogP contribution in [0.2, 0.25) is 0 Å². The molecule has 0 aromatic carbocycles. The predicted molar refractivity (Wildman–Crippen MR) is 84.9 cm³/mol. The third-order valence-electron chi connectivity index (χ3n) is 4.28. The average Bonchev–Trinajstić information content (AvgIpc) is 2.39. The molecule has 1 rings (SSSR count). The highest BCUT2D eigenvalue weighted by atomic mass is 19.3. The van der Waals surface area contributed by atoms with Gasteiger partial charge < -0.3 is 10.7 Å². The highest BCUT2D eigenvalue weighted by molar-refractivity contribution is 5.83. The number of rotatable bonds is 6. The molecule has 118 valence electrons. The van der Waals surface area contributed by atoms with Gasteiger partial charge in [-0.05, 0) is 43.6 Å². The van der Waals surface area contributed by atoms with Crippen LogP contribution in [0, 0.1) is 10.8 Å². The summed E-state index contributed by atoms with van der Waals surface area (Å²) in [4.78, 5) is 0. The van der Waals surface area contributed by atoms with Crippen LogP contribution in [0.4, 0.5) is 8.78 Å². The van der Waals surface area contributed by atoms with Crippen molar-refractivity contribution < 1.29 is 8.78 Å². The zero-order valence-corrected chi connectivity index (χ0v) is 13.2. The van der Waals surface area contributed by atoms with Gasteiger partial charge in [0.25, 0.3) is 5.92 Å². The highest BCUT2D eigenvalue weighted by Gasteiger charge is 2.35. The summed E-state index contributed by atoms with van der Waals surface area (Å²) in [5, 5.41) is 10.4. The average molecular weight is 296 g/mol. The van der Waals surface area contributed by atoms with Crippen LogP contribution in [0.1, 0.15) is 46.5 Å². The zero-order valence-electron chi connectivity index (χ0n) is 13.2. The van der Waals surface area contributed by atoms with Gasteiger partial charge in [-0.25, -0.2) is 8.78 Å². The van der Waals surface area contributed by atoms with E-state index in [9.17, 15) is 8.78 Å². The fourth-order valence-corrected chi connectivity index (χ4v) is 2.68. The Hall–Kier alpha value is -1.45. The Balaban J connectivity index is 2.93. The summed E-state index contributed by atoms with van der Waals surface area (Å²) in [6, 6.07) is 0.00755. The van der Waals surface area contributed by atoms with Crippen LogP contribution in [-0.4, -0.2) is 18.2 Å². The summed E-state index contributed by atoms with van der Waals surface area (Å²) in [6.45, 7) is 12.2. The van der Waals surface area contributed by atoms with Gasteiger partial charge in [-0.15, -0.1) is 6.58 Å². The van der Waals surface area contributed by atoms with E-state index in [-0.39, 0.29) is 22.7 Å². The van der Waals surface area contributed by atoms with Crippen molar-refractivity contribution in [3.05, 3.63) is 36.1 Å². The predicted octanol–water partition coefficient (Wildman–Crippen LogP) is 4.85. The first kappa shape index (κ1) is 17.6. The van der Waals surface area contributed by atoms with E-state index < -0.39 is 5.92 Å². The van der Waals surface area contributed by atoms with E-state index in [1.165, 1.54) is 0 Å². The Morgan fingerprint density at radius 1 is 1.38 bits per heavy atom. The van der Waals surface area contributed by atoms with E-state index in [0.29, 0.717) is 5.57 Å². The monoisotopic (exact) mass is 296 g/mol. The fraction of sp³-hybridized carbons (Fsp3) is 0.588. The van der Waals surface area contributed by atoms with Crippen molar-refractivity contribution in [3.63, 3.8) is 0 Å². The Kier molecular flexibility index (Phi) is 5.48. The van der Waals surface area contributed by atoms with Crippen molar-refractivity contribution in [2.45, 2.75) is 58.4 Å². The number of hydrogen-bond donors (Lipinski definition) is 2. The first-order chi connectivity index (χ1) is 9.63. The maximum absolute atomic E-state index is 13.9. The van der Waals surface area contributed by atoms with Gasteiger partial charge >= 0.3 is 0 Å². The van der Waals surface area contributed by atoms with Crippen molar-refractivity contribution in [2.24, 2.45) is 5.41 Å². The topological polar surface area (TPSA) is 35.9 Å². The molecule has 2 nitrogen and oxygen atoms in total. The molecular formula is C17H26F2N2. The standard InChI is InChI=1S/C17H26F2N2/c1-6-16(4)9-7-13(8-10-16)21-15(17(5,18)19)14(11-20)12(2)3/h6,11,13,20-21H,1-2,7-10H2,3-5H3/b15-14+,20-11?. The minimum atomic E-state index is -3.01. The molecule has 0 aromatic heterocycles. The molecule has 1 aliphatic carbocycles. The molecular weight excluding hydrogens is 270 g/mol. The number of halogens is 2. The molecule has 0 radical (unpaired) electrons. The molecule has 1 fully saturated rings. The quantitative estimate of drug-likeness (QED) is 0.410. The van der Waals surface area contributed by atoms with Crippen LogP contribution in [0.3, 0.4) is 0 Å². The van der Waals surface area contributed by atoms with E-state index in [0.717, 1.165) is 38.8 Å². The Labute approximate surface area is 126 Å². The van der Waals surface area contributed by atoms with Crippen molar-refractivity contribution in [1.29, 1.82) is 5.41 Å². The highest BCUT2D eigenvalue weighted by Crippen LogP contribution is 2.38. The molecule has 21 heavy (non-hydrogen) atoms. The van der Waals surface area contributed by atoms with Gasteiger partial charge in [0.15, 0.2) is 0 Å². The van der Waals surface area contributed by atoms with E-state index in [1.54, 1.807) is 6.92 Å². The molecule has 0 atom stereocenters. The Bertz CT molecular complexity index is 450. The van der Waals surface area contributed by atoms with Crippen LogP contribution in [0.5, 0.6) is 0 Å². The van der Waals surface area contributed by atoms with E-state index >= 15 is 0 Å². The van der Waals surface area contributed by atoms with Crippen molar-refractivity contribution in [1.82, 2.24) is 5.32 Å². The van der Waals surface area contributed by atoms with Gasteiger partial charge in [0.2, 0.25) is 0 Å². The summed E-state index contributed by atoms with van der Waals surface area (Å²) in [7, 11) is 0. The minimum Gasteiger partial charge on any atom is -0.380 e. The first-order valence-electron chi connectivity index (χ1n) is 7.32. The number of hydrogen-bond acceptors (Lipinski definition) is 2. The van der Waals surface area contributed by atoms with Gasteiger partial charge in [-0.2, -0.15) is 0 Å². The third-order valence-corrected chi connectivity index (χ3v) is 4.28. The molecule has 0 bridgehead atoms. The number of nitrogens with one attached hydrogen (secondary N) is 2. The van der Waals surface area contributed by atoms with Gasteiger partial charge in [-0.3, -0.25) is 0 Å². The molecule has 0 heterocycles. The molecule has 0 saturated heterocycles. The molecule has 0 aromatic rings. The van der Waals surface area contributed by atoms with Gasteiger partial charge in [0.1, 0.15) is 0 Å². The van der Waals surface area contributed by atoms with Crippen LogP contribution in [0.25, 0.3) is 0 Å². The van der Waals surface area contributed by atoms with Gasteiger partial charge in [0.05, 0.1) is 5.70 Å².